The van der Waals surface area contributed by atoms with Crippen LogP contribution in [0.2, 0.25) is 0 Å². The Labute approximate surface area is 194 Å². The van der Waals surface area contributed by atoms with Gasteiger partial charge in [0.05, 0.1) is 22.4 Å². The van der Waals surface area contributed by atoms with Crippen LogP contribution in [0.1, 0.15) is 17.3 Å². The molecule has 6 heteroatoms. The largest absolute Gasteiger partial charge is 0.369 e. The van der Waals surface area contributed by atoms with Crippen molar-refractivity contribution in [3.05, 3.63) is 71.8 Å². The maximum Gasteiger partial charge on any atom is 0.138 e. The molecule has 2 N–H and O–H groups in total. The summed E-state index contributed by atoms with van der Waals surface area (Å²) in [4.78, 5) is 15.6. The maximum atomic E-state index is 4.81. The van der Waals surface area contributed by atoms with Crippen molar-refractivity contribution in [3.63, 3.8) is 0 Å². The number of nitrogens with one attached hydrogen (secondary N) is 2. The zero-order valence-corrected chi connectivity index (χ0v) is 19.5. The topological polar surface area (TPSA) is 50.4 Å². The average Bonchev–Trinajstić information content (AvgIpc) is 3.40. The summed E-state index contributed by atoms with van der Waals surface area (Å²) in [5.41, 5.74) is 9.38. The molecule has 0 bridgehead atoms. The van der Waals surface area contributed by atoms with Crippen LogP contribution in [0, 0.1) is 6.92 Å². The number of hydrogen-bond acceptors (Lipinski definition) is 5. The van der Waals surface area contributed by atoms with Crippen LogP contribution in [0.3, 0.4) is 0 Å². The van der Waals surface area contributed by atoms with Crippen molar-refractivity contribution in [3.8, 4) is 11.4 Å². The molecule has 6 rings (SSSR count). The Morgan fingerprint density at radius 2 is 1.67 bits per heavy atom. The summed E-state index contributed by atoms with van der Waals surface area (Å²) in [5, 5.41) is 3.71. The summed E-state index contributed by atoms with van der Waals surface area (Å²) in [7, 11) is 4.37. The van der Waals surface area contributed by atoms with Gasteiger partial charge in [0.1, 0.15) is 12.0 Å². The van der Waals surface area contributed by atoms with Crippen LogP contribution in [0.15, 0.2) is 60.7 Å². The Kier molecular flexibility index (Phi) is 4.76. The lowest BCUT2D eigenvalue weighted by Gasteiger charge is -2.34. The Balaban J connectivity index is 1.27. The molecule has 0 aliphatic carbocycles. The monoisotopic (exact) mass is 438 g/mol. The highest BCUT2D eigenvalue weighted by Gasteiger charge is 2.28. The molecule has 1 atom stereocenters. The molecule has 1 saturated heterocycles. The molecule has 1 aromatic heterocycles. The number of anilines is 3. The maximum absolute atomic E-state index is 4.81. The minimum Gasteiger partial charge on any atom is -0.369 e. The standard InChI is InChI=1S/C27H30N6/c1-18-4-6-19(7-5-18)26-28-22-10-8-20(16-24(22)29-26)27-30-23-11-9-21(17-25(23)32(27)3)33-14-12-31(2)13-15-33/h4-11,16-17,27,30H,12-15H2,1-3H3,(H,28,29). The van der Waals surface area contributed by atoms with E-state index >= 15 is 0 Å². The van der Waals surface area contributed by atoms with E-state index in [1.165, 1.54) is 28.2 Å². The van der Waals surface area contributed by atoms with Crippen molar-refractivity contribution in [2.75, 3.05) is 55.4 Å². The van der Waals surface area contributed by atoms with Crippen molar-refractivity contribution in [2.24, 2.45) is 0 Å². The van der Waals surface area contributed by atoms with Crippen molar-refractivity contribution >= 4 is 28.1 Å². The van der Waals surface area contributed by atoms with Gasteiger partial charge in [-0.1, -0.05) is 35.9 Å². The van der Waals surface area contributed by atoms with Crippen LogP contribution < -0.4 is 15.1 Å². The number of nitrogens with zero attached hydrogens (tertiary/aromatic N) is 4. The summed E-state index contributed by atoms with van der Waals surface area (Å²) in [6.45, 7) is 6.49. The summed E-state index contributed by atoms with van der Waals surface area (Å²) in [5.74, 6) is 0.912. The molecule has 3 aromatic carbocycles. The number of imidazole rings is 1. The molecule has 2 aliphatic heterocycles. The van der Waals surface area contributed by atoms with E-state index in [1.54, 1.807) is 0 Å². The van der Waals surface area contributed by atoms with Gasteiger partial charge in [0.25, 0.3) is 0 Å². The van der Waals surface area contributed by atoms with Crippen LogP contribution in [-0.2, 0) is 0 Å². The molecule has 1 unspecified atom stereocenters. The normalized spacial score (nSPS) is 18.6. The smallest absolute Gasteiger partial charge is 0.138 e. The molecule has 0 amide bonds. The highest BCUT2D eigenvalue weighted by Crippen LogP contribution is 2.42. The lowest BCUT2D eigenvalue weighted by molar-refractivity contribution is 0.313. The highest BCUT2D eigenvalue weighted by atomic mass is 15.3. The first kappa shape index (κ1) is 20.1. The second kappa shape index (κ2) is 7.81. The van der Waals surface area contributed by atoms with E-state index in [2.05, 4.69) is 107 Å². The van der Waals surface area contributed by atoms with Crippen LogP contribution in [0.5, 0.6) is 0 Å². The lowest BCUT2D eigenvalue weighted by Crippen LogP contribution is -2.44. The molecule has 1 fully saturated rings. The van der Waals surface area contributed by atoms with Gasteiger partial charge >= 0.3 is 0 Å². The number of hydrogen-bond donors (Lipinski definition) is 2. The third kappa shape index (κ3) is 3.60. The third-order valence-corrected chi connectivity index (χ3v) is 7.06. The number of aryl methyl sites for hydroxylation is 1. The Hall–Kier alpha value is -3.51. The zero-order chi connectivity index (χ0) is 22.5. The van der Waals surface area contributed by atoms with Gasteiger partial charge in [-0.25, -0.2) is 4.98 Å². The van der Waals surface area contributed by atoms with E-state index in [9.17, 15) is 0 Å². The third-order valence-electron chi connectivity index (χ3n) is 7.06. The second-order valence-corrected chi connectivity index (χ2v) is 9.38. The molecule has 168 valence electrons. The fraction of sp³-hybridized carbons (Fsp3) is 0.296. The first-order valence-corrected chi connectivity index (χ1v) is 11.7. The SMILES string of the molecule is Cc1ccc(-c2nc3ccc(C4Nc5ccc(N6CCN(C)CC6)cc5N4C)cc3[nH]2)cc1. The van der Waals surface area contributed by atoms with Gasteiger partial charge in [0.15, 0.2) is 0 Å². The van der Waals surface area contributed by atoms with Crippen molar-refractivity contribution in [2.45, 2.75) is 13.1 Å². The van der Waals surface area contributed by atoms with Gasteiger partial charge < -0.3 is 25.0 Å². The number of rotatable bonds is 3. The minimum atomic E-state index is 0.0956. The number of benzene rings is 3. The van der Waals surface area contributed by atoms with E-state index in [0.717, 1.165) is 48.6 Å². The van der Waals surface area contributed by atoms with E-state index in [4.69, 9.17) is 4.98 Å². The molecule has 0 radical (unpaired) electrons. The van der Waals surface area contributed by atoms with Crippen LogP contribution in [-0.4, -0.2) is 55.1 Å². The average molecular weight is 439 g/mol. The lowest BCUT2D eigenvalue weighted by atomic mass is 10.1. The van der Waals surface area contributed by atoms with Gasteiger partial charge in [-0.15, -0.1) is 0 Å². The van der Waals surface area contributed by atoms with Crippen molar-refractivity contribution in [1.82, 2.24) is 14.9 Å². The van der Waals surface area contributed by atoms with E-state index in [0.29, 0.717) is 0 Å². The fourth-order valence-corrected chi connectivity index (χ4v) is 4.93. The van der Waals surface area contributed by atoms with Gasteiger partial charge in [-0.3, -0.25) is 0 Å². The first-order valence-electron chi connectivity index (χ1n) is 11.7. The Morgan fingerprint density at radius 3 is 2.45 bits per heavy atom. The van der Waals surface area contributed by atoms with Gasteiger partial charge in [-0.05, 0) is 49.9 Å². The highest BCUT2D eigenvalue weighted by molar-refractivity contribution is 5.83. The number of aromatic nitrogens is 2. The molecule has 3 heterocycles. The first-order chi connectivity index (χ1) is 16.0. The molecular weight excluding hydrogens is 408 g/mol. The summed E-state index contributed by atoms with van der Waals surface area (Å²) in [6, 6.07) is 21.8. The van der Waals surface area contributed by atoms with Crippen molar-refractivity contribution < 1.29 is 0 Å². The van der Waals surface area contributed by atoms with Crippen LogP contribution >= 0.6 is 0 Å². The summed E-state index contributed by atoms with van der Waals surface area (Å²) < 4.78 is 0. The second-order valence-electron chi connectivity index (χ2n) is 9.38. The Bertz CT molecular complexity index is 1300. The fourth-order valence-electron chi connectivity index (χ4n) is 4.93. The number of fused-ring (bicyclic) bond motifs is 2. The molecule has 33 heavy (non-hydrogen) atoms. The van der Waals surface area contributed by atoms with Gasteiger partial charge in [0, 0.05) is 44.5 Å². The Morgan fingerprint density at radius 1 is 0.879 bits per heavy atom. The molecule has 0 saturated carbocycles. The summed E-state index contributed by atoms with van der Waals surface area (Å²) in [6.07, 6.45) is 0.0956. The number of H-pyrrole nitrogens is 1. The minimum absolute atomic E-state index is 0.0956. The zero-order valence-electron chi connectivity index (χ0n) is 19.5. The number of likely N-dealkylation sites (N-methyl/N-ethyl adjacent to an activating group) is 1. The number of piperazine rings is 1. The quantitative estimate of drug-likeness (QED) is 0.479. The van der Waals surface area contributed by atoms with E-state index in [-0.39, 0.29) is 6.17 Å². The van der Waals surface area contributed by atoms with Gasteiger partial charge in [0.2, 0.25) is 0 Å². The molecular formula is C27H30N6. The van der Waals surface area contributed by atoms with Crippen LogP contribution in [0.25, 0.3) is 22.4 Å². The van der Waals surface area contributed by atoms with Crippen molar-refractivity contribution in [1.29, 1.82) is 0 Å². The molecule has 2 aliphatic rings. The van der Waals surface area contributed by atoms with Gasteiger partial charge in [-0.2, -0.15) is 0 Å². The van der Waals surface area contributed by atoms with E-state index < -0.39 is 0 Å². The summed E-state index contributed by atoms with van der Waals surface area (Å²) >= 11 is 0. The molecule has 6 nitrogen and oxygen atoms in total. The van der Waals surface area contributed by atoms with Crippen LogP contribution in [0.4, 0.5) is 17.1 Å². The number of aromatic amines is 1. The predicted molar refractivity (Wildman–Crippen MR) is 137 cm³/mol. The van der Waals surface area contributed by atoms with E-state index in [1.807, 2.05) is 0 Å². The predicted octanol–water partition coefficient (Wildman–Crippen LogP) is 4.85. The molecule has 4 aromatic rings. The molecule has 0 spiro atoms.